The van der Waals surface area contributed by atoms with Gasteiger partial charge in [0.1, 0.15) is 5.84 Å². The van der Waals surface area contributed by atoms with Gasteiger partial charge in [0.25, 0.3) is 0 Å². The van der Waals surface area contributed by atoms with Gasteiger partial charge < -0.3 is 10.6 Å². The van der Waals surface area contributed by atoms with E-state index in [-0.39, 0.29) is 5.84 Å². The fourth-order valence-corrected chi connectivity index (χ4v) is 3.63. The highest BCUT2D eigenvalue weighted by Gasteiger charge is 2.14. The van der Waals surface area contributed by atoms with Gasteiger partial charge in [-0.1, -0.05) is 13.0 Å². The number of hydrogen-bond acceptors (Lipinski definition) is 4. The Morgan fingerprint density at radius 2 is 2.20 bits per heavy atom. The van der Waals surface area contributed by atoms with Crippen LogP contribution in [-0.4, -0.2) is 18.6 Å². The molecule has 0 aliphatic carbocycles. The second-order valence-electron chi connectivity index (χ2n) is 4.48. The first-order chi connectivity index (χ1) is 9.63. The van der Waals surface area contributed by atoms with Crippen LogP contribution in [0.25, 0.3) is 0 Å². The summed E-state index contributed by atoms with van der Waals surface area (Å²) in [5, 5.41) is 12.1. The van der Waals surface area contributed by atoms with E-state index in [1.807, 2.05) is 25.2 Å². The number of rotatable bonds is 6. The predicted octanol–water partition coefficient (Wildman–Crippen LogP) is 3.78. The normalized spacial score (nSPS) is 10.5. The number of amidine groups is 1. The van der Waals surface area contributed by atoms with Crippen molar-refractivity contribution in [2.24, 2.45) is 5.73 Å². The van der Waals surface area contributed by atoms with Gasteiger partial charge in [0.05, 0.1) is 5.56 Å². The first-order valence-corrected chi connectivity index (χ1v) is 8.38. The Morgan fingerprint density at radius 3 is 2.80 bits per heavy atom. The van der Waals surface area contributed by atoms with E-state index >= 15 is 0 Å². The van der Waals surface area contributed by atoms with Crippen LogP contribution in [0.3, 0.4) is 0 Å². The highest BCUT2D eigenvalue weighted by Crippen LogP contribution is 2.30. The lowest BCUT2D eigenvalue weighted by atomic mass is 10.1. The van der Waals surface area contributed by atoms with E-state index in [0.29, 0.717) is 0 Å². The Hall–Kier alpha value is -1.46. The maximum atomic E-state index is 7.88. The predicted molar refractivity (Wildman–Crippen MR) is 90.3 cm³/mol. The number of anilines is 1. The lowest BCUT2D eigenvalue weighted by Gasteiger charge is -2.23. The van der Waals surface area contributed by atoms with Crippen molar-refractivity contribution in [1.29, 1.82) is 5.41 Å². The zero-order chi connectivity index (χ0) is 14.5. The summed E-state index contributed by atoms with van der Waals surface area (Å²) < 4.78 is 0. The third kappa shape index (κ3) is 3.35. The first-order valence-electron chi connectivity index (χ1n) is 6.46. The van der Waals surface area contributed by atoms with E-state index in [1.54, 1.807) is 23.1 Å². The molecule has 0 fully saturated rings. The molecule has 0 saturated carbocycles. The van der Waals surface area contributed by atoms with Gasteiger partial charge in [0.15, 0.2) is 0 Å². The zero-order valence-corrected chi connectivity index (χ0v) is 13.4. The molecule has 0 atom stereocenters. The van der Waals surface area contributed by atoms with E-state index < -0.39 is 0 Å². The van der Waals surface area contributed by atoms with Crippen LogP contribution in [0.4, 0.5) is 5.69 Å². The molecule has 1 aromatic heterocycles. The highest BCUT2D eigenvalue weighted by molar-refractivity contribution is 7.99. The molecule has 0 amide bonds. The molecule has 20 heavy (non-hydrogen) atoms. The SMILES string of the molecule is CCSc1cccc(N(C)Cc2ccsc2)c1C(=N)N. The quantitative estimate of drug-likeness (QED) is 0.485. The van der Waals surface area contributed by atoms with Gasteiger partial charge in [-0.2, -0.15) is 11.3 Å². The number of thiophene rings is 1. The smallest absolute Gasteiger partial charge is 0.126 e. The van der Waals surface area contributed by atoms with Gasteiger partial charge in [-0.25, -0.2) is 0 Å². The molecular formula is C15H19N3S2. The third-order valence-electron chi connectivity index (χ3n) is 2.98. The van der Waals surface area contributed by atoms with Crippen molar-refractivity contribution in [3.05, 3.63) is 46.2 Å². The summed E-state index contributed by atoms with van der Waals surface area (Å²) in [4.78, 5) is 3.23. The fourth-order valence-electron chi connectivity index (χ4n) is 2.13. The molecule has 3 nitrogen and oxygen atoms in total. The molecule has 0 bridgehead atoms. The molecule has 0 radical (unpaired) electrons. The maximum absolute atomic E-state index is 7.88. The van der Waals surface area contributed by atoms with Crippen LogP contribution in [-0.2, 0) is 6.54 Å². The molecule has 2 rings (SSSR count). The summed E-state index contributed by atoms with van der Waals surface area (Å²) in [5.41, 5.74) is 8.94. The number of hydrogen-bond donors (Lipinski definition) is 2. The Morgan fingerprint density at radius 1 is 1.40 bits per heavy atom. The Kier molecular flexibility index (Phi) is 5.09. The Labute approximate surface area is 128 Å². The molecule has 1 heterocycles. The Balaban J connectivity index is 2.34. The molecule has 1 aromatic carbocycles. The van der Waals surface area contributed by atoms with Crippen molar-refractivity contribution in [3.8, 4) is 0 Å². The van der Waals surface area contributed by atoms with Gasteiger partial charge in [0, 0.05) is 24.2 Å². The molecule has 0 saturated heterocycles. The van der Waals surface area contributed by atoms with Gasteiger partial charge >= 0.3 is 0 Å². The largest absolute Gasteiger partial charge is 0.384 e. The molecule has 0 aliphatic rings. The maximum Gasteiger partial charge on any atom is 0.126 e. The molecule has 0 aliphatic heterocycles. The van der Waals surface area contributed by atoms with E-state index in [0.717, 1.165) is 28.4 Å². The number of nitrogens with two attached hydrogens (primary N) is 1. The average molecular weight is 305 g/mol. The molecular weight excluding hydrogens is 286 g/mol. The first kappa shape index (κ1) is 14.9. The van der Waals surface area contributed by atoms with E-state index in [1.165, 1.54) is 5.56 Å². The van der Waals surface area contributed by atoms with Crippen LogP contribution in [0.15, 0.2) is 39.9 Å². The molecule has 3 N–H and O–H groups in total. The minimum atomic E-state index is 0.133. The summed E-state index contributed by atoms with van der Waals surface area (Å²) in [6, 6.07) is 8.22. The number of benzene rings is 1. The average Bonchev–Trinajstić information content (AvgIpc) is 2.91. The lowest BCUT2D eigenvalue weighted by Crippen LogP contribution is -2.22. The van der Waals surface area contributed by atoms with Crippen LogP contribution in [0, 0.1) is 5.41 Å². The molecule has 2 aromatic rings. The number of nitrogens with one attached hydrogen (secondary N) is 1. The molecule has 106 valence electrons. The zero-order valence-electron chi connectivity index (χ0n) is 11.7. The minimum absolute atomic E-state index is 0.133. The second-order valence-corrected chi connectivity index (χ2v) is 6.57. The van der Waals surface area contributed by atoms with Crippen molar-refractivity contribution in [1.82, 2.24) is 0 Å². The van der Waals surface area contributed by atoms with Crippen LogP contribution in [0.2, 0.25) is 0 Å². The standard InChI is InChI=1S/C15H19N3S2/c1-3-20-13-6-4-5-12(14(13)15(16)17)18(2)9-11-7-8-19-10-11/h4-8,10H,3,9H2,1-2H3,(H3,16,17). The van der Waals surface area contributed by atoms with Crippen LogP contribution in [0.5, 0.6) is 0 Å². The summed E-state index contributed by atoms with van der Waals surface area (Å²) in [6.45, 7) is 2.93. The second kappa shape index (κ2) is 6.81. The van der Waals surface area contributed by atoms with Crippen molar-refractivity contribution in [3.63, 3.8) is 0 Å². The van der Waals surface area contributed by atoms with Crippen molar-refractivity contribution in [2.75, 3.05) is 17.7 Å². The van der Waals surface area contributed by atoms with E-state index in [2.05, 4.69) is 28.7 Å². The topological polar surface area (TPSA) is 53.1 Å². The van der Waals surface area contributed by atoms with E-state index in [4.69, 9.17) is 11.1 Å². The summed E-state index contributed by atoms with van der Waals surface area (Å²) in [5.74, 6) is 1.10. The number of nitrogen functional groups attached to an aromatic ring is 1. The molecule has 0 spiro atoms. The summed E-state index contributed by atoms with van der Waals surface area (Å²) >= 11 is 3.43. The fraction of sp³-hybridized carbons (Fsp3) is 0.267. The van der Waals surface area contributed by atoms with Crippen molar-refractivity contribution < 1.29 is 0 Å². The lowest BCUT2D eigenvalue weighted by molar-refractivity contribution is 0.922. The highest BCUT2D eigenvalue weighted by atomic mass is 32.2. The minimum Gasteiger partial charge on any atom is -0.384 e. The third-order valence-corrected chi connectivity index (χ3v) is 4.66. The molecule has 0 unspecified atom stereocenters. The van der Waals surface area contributed by atoms with Gasteiger partial charge in [0.2, 0.25) is 0 Å². The van der Waals surface area contributed by atoms with Gasteiger partial charge in [-0.3, -0.25) is 5.41 Å². The summed E-state index contributed by atoms with van der Waals surface area (Å²) in [6.07, 6.45) is 0. The monoisotopic (exact) mass is 305 g/mol. The Bertz CT molecular complexity index is 579. The van der Waals surface area contributed by atoms with Crippen LogP contribution >= 0.6 is 23.1 Å². The van der Waals surface area contributed by atoms with Gasteiger partial charge in [-0.15, -0.1) is 11.8 Å². The molecule has 5 heteroatoms. The number of thioether (sulfide) groups is 1. The van der Waals surface area contributed by atoms with E-state index in [9.17, 15) is 0 Å². The van der Waals surface area contributed by atoms with Crippen LogP contribution < -0.4 is 10.6 Å². The van der Waals surface area contributed by atoms with Crippen LogP contribution in [0.1, 0.15) is 18.1 Å². The van der Waals surface area contributed by atoms with Crippen molar-refractivity contribution >= 4 is 34.6 Å². The van der Waals surface area contributed by atoms with Gasteiger partial charge in [-0.05, 0) is 40.3 Å². The summed E-state index contributed by atoms with van der Waals surface area (Å²) in [7, 11) is 2.04. The van der Waals surface area contributed by atoms with Crippen molar-refractivity contribution in [2.45, 2.75) is 18.4 Å². The number of nitrogens with zero attached hydrogens (tertiary/aromatic N) is 1.